The highest BCUT2D eigenvalue weighted by Gasteiger charge is 2.17. The van der Waals surface area contributed by atoms with Gasteiger partial charge in [0.15, 0.2) is 0 Å². The van der Waals surface area contributed by atoms with Crippen LogP contribution in [0.2, 0.25) is 0 Å². The van der Waals surface area contributed by atoms with Gasteiger partial charge in [-0.15, -0.1) is 0 Å². The highest BCUT2D eigenvalue weighted by molar-refractivity contribution is 9.10. The fourth-order valence-corrected chi connectivity index (χ4v) is 3.37. The van der Waals surface area contributed by atoms with Crippen molar-refractivity contribution in [2.45, 2.75) is 0 Å². The number of hydrogen-bond donors (Lipinski definition) is 2. The van der Waals surface area contributed by atoms with Gasteiger partial charge in [0.05, 0.1) is 25.3 Å². The van der Waals surface area contributed by atoms with Crippen LogP contribution in [0.3, 0.4) is 0 Å². The zero-order chi connectivity index (χ0) is 23.8. The summed E-state index contributed by atoms with van der Waals surface area (Å²) in [5.41, 5.74) is 1.73. The van der Waals surface area contributed by atoms with E-state index in [0.717, 1.165) is 0 Å². The summed E-state index contributed by atoms with van der Waals surface area (Å²) in [6, 6.07) is 20.2. The fraction of sp³-hybridized carbons (Fsp3) is 0.0800. The Balaban J connectivity index is 1.91. The molecule has 0 saturated carbocycles. The molecule has 0 fully saturated rings. The second kappa shape index (κ2) is 11.1. The standard InChI is InChI=1S/C25H21BrN2O5/c1-32-19-12-10-16(11-13-19)14-22(28-23(29)20-8-3-4-9-21(20)26)24(30)27-18-7-5-6-17(15-18)25(31)33-2/h3-15H,1-2H3,(H,27,30)(H,28,29)/b22-14+. The van der Waals surface area contributed by atoms with Gasteiger partial charge in [0.1, 0.15) is 11.4 Å². The molecule has 0 unspecified atom stereocenters. The summed E-state index contributed by atoms with van der Waals surface area (Å²) in [5.74, 6) is -0.883. The van der Waals surface area contributed by atoms with Gasteiger partial charge >= 0.3 is 5.97 Å². The summed E-state index contributed by atoms with van der Waals surface area (Å²) in [6.07, 6.45) is 1.55. The van der Waals surface area contributed by atoms with Gasteiger partial charge in [-0.3, -0.25) is 9.59 Å². The third kappa shape index (κ3) is 6.30. The molecule has 0 aliphatic carbocycles. The van der Waals surface area contributed by atoms with E-state index in [-0.39, 0.29) is 11.3 Å². The number of carbonyl (C=O) groups excluding carboxylic acids is 3. The number of rotatable bonds is 7. The average Bonchev–Trinajstić information content (AvgIpc) is 2.83. The molecule has 0 heterocycles. The molecule has 2 N–H and O–H groups in total. The molecule has 0 spiro atoms. The zero-order valence-electron chi connectivity index (χ0n) is 17.9. The maximum atomic E-state index is 13.1. The number of benzene rings is 3. The number of methoxy groups -OCH3 is 2. The first kappa shape index (κ1) is 23.7. The lowest BCUT2D eigenvalue weighted by Gasteiger charge is -2.13. The SMILES string of the molecule is COC(=O)c1cccc(NC(=O)/C(=C\c2ccc(OC)cc2)NC(=O)c2ccccc2Br)c1. The lowest BCUT2D eigenvalue weighted by Crippen LogP contribution is -2.31. The number of esters is 1. The summed E-state index contributed by atoms with van der Waals surface area (Å²) in [7, 11) is 2.84. The Bertz CT molecular complexity index is 1210. The van der Waals surface area contributed by atoms with Crippen molar-refractivity contribution in [1.82, 2.24) is 5.32 Å². The second-order valence-electron chi connectivity index (χ2n) is 6.79. The lowest BCUT2D eigenvalue weighted by molar-refractivity contribution is -0.113. The van der Waals surface area contributed by atoms with Crippen LogP contribution in [0, 0.1) is 0 Å². The van der Waals surface area contributed by atoms with Gasteiger partial charge in [0.25, 0.3) is 11.8 Å². The largest absolute Gasteiger partial charge is 0.497 e. The molecule has 3 aromatic carbocycles. The third-order valence-electron chi connectivity index (χ3n) is 4.58. The normalized spacial score (nSPS) is 10.8. The van der Waals surface area contributed by atoms with Crippen molar-refractivity contribution in [3.63, 3.8) is 0 Å². The molecule has 0 aliphatic rings. The number of nitrogens with one attached hydrogen (secondary N) is 2. The minimum Gasteiger partial charge on any atom is -0.497 e. The summed E-state index contributed by atoms with van der Waals surface area (Å²) >= 11 is 3.35. The Labute approximate surface area is 199 Å². The first-order valence-corrected chi connectivity index (χ1v) is 10.6. The minimum absolute atomic E-state index is 0.0180. The highest BCUT2D eigenvalue weighted by atomic mass is 79.9. The molecule has 0 radical (unpaired) electrons. The van der Waals surface area contributed by atoms with Crippen molar-refractivity contribution in [3.05, 3.63) is 99.7 Å². The highest BCUT2D eigenvalue weighted by Crippen LogP contribution is 2.18. The van der Waals surface area contributed by atoms with Gasteiger partial charge in [-0.2, -0.15) is 0 Å². The molecule has 0 atom stereocenters. The van der Waals surface area contributed by atoms with Gasteiger partial charge in [0, 0.05) is 10.2 Å². The van der Waals surface area contributed by atoms with Crippen molar-refractivity contribution in [2.75, 3.05) is 19.5 Å². The van der Waals surface area contributed by atoms with Crippen molar-refractivity contribution < 1.29 is 23.9 Å². The molecule has 2 amide bonds. The van der Waals surface area contributed by atoms with Crippen molar-refractivity contribution in [2.24, 2.45) is 0 Å². The van der Waals surface area contributed by atoms with E-state index in [2.05, 4.69) is 26.6 Å². The summed E-state index contributed by atoms with van der Waals surface area (Å²) < 4.78 is 10.5. The quantitative estimate of drug-likeness (QED) is 0.357. The first-order valence-electron chi connectivity index (χ1n) is 9.82. The number of carbonyl (C=O) groups is 3. The molecule has 0 bridgehead atoms. The van der Waals surface area contributed by atoms with E-state index in [1.165, 1.54) is 13.2 Å². The summed E-state index contributed by atoms with van der Waals surface area (Å²) in [5, 5.41) is 5.39. The van der Waals surface area contributed by atoms with Crippen LogP contribution in [-0.4, -0.2) is 32.0 Å². The Morgan fingerprint density at radius 2 is 1.64 bits per heavy atom. The maximum Gasteiger partial charge on any atom is 0.337 e. The molecule has 168 valence electrons. The fourth-order valence-electron chi connectivity index (χ4n) is 2.90. The minimum atomic E-state index is -0.562. The van der Waals surface area contributed by atoms with E-state index in [1.807, 2.05) is 0 Å². The lowest BCUT2D eigenvalue weighted by atomic mass is 10.1. The Kier molecular flexibility index (Phi) is 7.99. The van der Waals surface area contributed by atoms with Gasteiger partial charge < -0.3 is 20.1 Å². The molecular formula is C25H21BrN2O5. The Morgan fingerprint density at radius 1 is 0.909 bits per heavy atom. The van der Waals surface area contributed by atoms with E-state index in [1.54, 1.807) is 79.9 Å². The number of ether oxygens (including phenoxy) is 2. The molecular weight excluding hydrogens is 488 g/mol. The van der Waals surface area contributed by atoms with Crippen molar-refractivity contribution >= 4 is 45.5 Å². The molecule has 3 aromatic rings. The summed E-state index contributed by atoms with van der Waals surface area (Å²) in [6.45, 7) is 0. The first-order chi connectivity index (χ1) is 15.9. The molecule has 3 rings (SSSR count). The third-order valence-corrected chi connectivity index (χ3v) is 5.27. The van der Waals surface area contributed by atoms with Crippen LogP contribution in [0.1, 0.15) is 26.3 Å². The van der Waals surface area contributed by atoms with Crippen molar-refractivity contribution in [3.8, 4) is 5.75 Å². The zero-order valence-corrected chi connectivity index (χ0v) is 19.5. The number of hydrogen-bond acceptors (Lipinski definition) is 5. The summed E-state index contributed by atoms with van der Waals surface area (Å²) in [4.78, 5) is 37.8. The Hall–Kier alpha value is -3.91. The van der Waals surface area contributed by atoms with E-state index in [4.69, 9.17) is 9.47 Å². The van der Waals surface area contributed by atoms with Crippen LogP contribution in [0.5, 0.6) is 5.75 Å². The van der Waals surface area contributed by atoms with Gasteiger partial charge in [-0.05, 0) is 70.0 Å². The maximum absolute atomic E-state index is 13.1. The molecule has 0 aromatic heterocycles. The second-order valence-corrected chi connectivity index (χ2v) is 7.65. The molecule has 33 heavy (non-hydrogen) atoms. The monoisotopic (exact) mass is 508 g/mol. The molecule has 8 heteroatoms. The van der Waals surface area contributed by atoms with Gasteiger partial charge in [-0.25, -0.2) is 4.79 Å². The van der Waals surface area contributed by atoms with Crippen LogP contribution >= 0.6 is 15.9 Å². The van der Waals surface area contributed by atoms with Crippen LogP contribution in [-0.2, 0) is 9.53 Å². The predicted octanol–water partition coefficient (Wildman–Crippen LogP) is 4.65. The van der Waals surface area contributed by atoms with Gasteiger partial charge in [-0.1, -0.05) is 30.3 Å². The molecule has 7 nitrogen and oxygen atoms in total. The van der Waals surface area contributed by atoms with E-state index in [9.17, 15) is 14.4 Å². The van der Waals surface area contributed by atoms with Gasteiger partial charge in [0.2, 0.25) is 0 Å². The van der Waals surface area contributed by atoms with Crippen molar-refractivity contribution in [1.29, 1.82) is 0 Å². The predicted molar refractivity (Wildman–Crippen MR) is 129 cm³/mol. The van der Waals surface area contributed by atoms with E-state index in [0.29, 0.717) is 27.0 Å². The smallest absolute Gasteiger partial charge is 0.337 e. The molecule has 0 aliphatic heterocycles. The number of amides is 2. The molecule has 0 saturated heterocycles. The topological polar surface area (TPSA) is 93.7 Å². The van der Waals surface area contributed by atoms with E-state index >= 15 is 0 Å². The average molecular weight is 509 g/mol. The van der Waals surface area contributed by atoms with Crippen LogP contribution < -0.4 is 15.4 Å². The number of anilines is 1. The Morgan fingerprint density at radius 3 is 2.30 bits per heavy atom. The van der Waals surface area contributed by atoms with Crippen LogP contribution in [0.25, 0.3) is 6.08 Å². The van der Waals surface area contributed by atoms with Crippen LogP contribution in [0.15, 0.2) is 83.0 Å². The van der Waals surface area contributed by atoms with Crippen LogP contribution in [0.4, 0.5) is 5.69 Å². The number of halogens is 1. The van der Waals surface area contributed by atoms with E-state index < -0.39 is 17.8 Å².